The van der Waals surface area contributed by atoms with Crippen LogP contribution in [-0.2, 0) is 13.0 Å². The third kappa shape index (κ3) is 5.02. The molecule has 0 atom stereocenters. The van der Waals surface area contributed by atoms with Crippen LogP contribution in [0.3, 0.4) is 0 Å². The maximum atomic E-state index is 3.60. The molecule has 1 aromatic rings. The molecule has 1 aromatic carbocycles. The molecule has 0 amide bonds. The van der Waals surface area contributed by atoms with Crippen molar-refractivity contribution in [2.24, 2.45) is 0 Å². The minimum absolute atomic E-state index is 1.00. The standard InChI is InChI=1S/C17H28N2S/c1-20-13-5-3-2-4-11-18-14-16-9-6-8-15-10-7-12-19-17(15)16/h6,8-9,18-19H,2-5,7,10-14H2,1H3. The predicted octanol–water partition coefficient (Wildman–Crippen LogP) is 4.06. The van der Waals surface area contributed by atoms with Crippen molar-refractivity contribution in [3.8, 4) is 0 Å². The predicted molar refractivity (Wildman–Crippen MR) is 91.8 cm³/mol. The summed E-state index contributed by atoms with van der Waals surface area (Å²) in [4.78, 5) is 0. The first kappa shape index (κ1) is 15.7. The van der Waals surface area contributed by atoms with Crippen LogP contribution in [0.25, 0.3) is 0 Å². The maximum absolute atomic E-state index is 3.60. The third-order valence-corrected chi connectivity index (χ3v) is 4.63. The van der Waals surface area contributed by atoms with E-state index in [1.165, 1.54) is 61.1 Å². The van der Waals surface area contributed by atoms with Crippen LogP contribution in [0.2, 0.25) is 0 Å². The van der Waals surface area contributed by atoms with Gasteiger partial charge in [0.05, 0.1) is 0 Å². The summed E-state index contributed by atoms with van der Waals surface area (Å²) in [6.45, 7) is 3.27. The van der Waals surface area contributed by atoms with E-state index < -0.39 is 0 Å². The Kier molecular flexibility index (Phi) is 7.31. The van der Waals surface area contributed by atoms with Gasteiger partial charge in [0.15, 0.2) is 0 Å². The average Bonchev–Trinajstić information content (AvgIpc) is 2.50. The molecule has 0 saturated heterocycles. The number of aryl methyl sites for hydroxylation is 1. The molecule has 20 heavy (non-hydrogen) atoms. The summed E-state index contributed by atoms with van der Waals surface area (Å²) in [5.74, 6) is 1.31. The summed E-state index contributed by atoms with van der Waals surface area (Å²) >= 11 is 1.96. The van der Waals surface area contributed by atoms with E-state index in [1.54, 1.807) is 0 Å². The maximum Gasteiger partial charge on any atom is 0.0418 e. The van der Waals surface area contributed by atoms with Gasteiger partial charge in [0.2, 0.25) is 0 Å². The number of hydrogen-bond donors (Lipinski definition) is 2. The molecule has 1 heterocycles. The highest BCUT2D eigenvalue weighted by Gasteiger charge is 2.11. The molecule has 0 aromatic heterocycles. The number of benzene rings is 1. The second-order valence-corrected chi connectivity index (χ2v) is 6.55. The summed E-state index contributed by atoms with van der Waals surface area (Å²) < 4.78 is 0. The zero-order valence-electron chi connectivity index (χ0n) is 12.7. The van der Waals surface area contributed by atoms with Gasteiger partial charge in [-0.15, -0.1) is 0 Å². The summed E-state index contributed by atoms with van der Waals surface area (Å²) in [6, 6.07) is 6.71. The van der Waals surface area contributed by atoms with Crippen LogP contribution in [0.4, 0.5) is 5.69 Å². The van der Waals surface area contributed by atoms with E-state index in [2.05, 4.69) is 35.1 Å². The van der Waals surface area contributed by atoms with Crippen molar-refractivity contribution in [3.63, 3.8) is 0 Å². The van der Waals surface area contributed by atoms with Crippen LogP contribution in [-0.4, -0.2) is 25.1 Å². The summed E-state index contributed by atoms with van der Waals surface area (Å²) in [5, 5.41) is 7.16. The number of fused-ring (bicyclic) bond motifs is 1. The highest BCUT2D eigenvalue weighted by Crippen LogP contribution is 2.25. The Labute approximate surface area is 128 Å². The zero-order chi connectivity index (χ0) is 14.0. The average molecular weight is 292 g/mol. The fraction of sp³-hybridized carbons (Fsp3) is 0.647. The van der Waals surface area contributed by atoms with Crippen molar-refractivity contribution in [1.29, 1.82) is 0 Å². The molecule has 0 bridgehead atoms. The summed E-state index contributed by atoms with van der Waals surface area (Å²) in [5.41, 5.74) is 4.32. The number of nitrogens with one attached hydrogen (secondary N) is 2. The fourth-order valence-corrected chi connectivity index (χ4v) is 3.29. The quantitative estimate of drug-likeness (QED) is 0.671. The van der Waals surface area contributed by atoms with Gasteiger partial charge in [-0.3, -0.25) is 0 Å². The first-order valence-electron chi connectivity index (χ1n) is 7.96. The van der Waals surface area contributed by atoms with Crippen molar-refractivity contribution in [3.05, 3.63) is 29.3 Å². The lowest BCUT2D eigenvalue weighted by Gasteiger charge is -2.21. The minimum Gasteiger partial charge on any atom is -0.385 e. The van der Waals surface area contributed by atoms with Crippen LogP contribution in [0, 0.1) is 0 Å². The molecule has 2 N–H and O–H groups in total. The van der Waals surface area contributed by atoms with E-state index in [4.69, 9.17) is 0 Å². The number of rotatable bonds is 9. The van der Waals surface area contributed by atoms with E-state index in [1.807, 2.05) is 11.8 Å². The van der Waals surface area contributed by atoms with Gasteiger partial charge in [-0.25, -0.2) is 0 Å². The molecule has 0 aliphatic carbocycles. The molecule has 0 saturated carbocycles. The Morgan fingerprint density at radius 3 is 3.00 bits per heavy atom. The Balaban J connectivity index is 1.64. The van der Waals surface area contributed by atoms with Crippen LogP contribution >= 0.6 is 11.8 Å². The van der Waals surface area contributed by atoms with Gasteiger partial charge in [-0.2, -0.15) is 11.8 Å². The molecular formula is C17H28N2S. The molecule has 2 rings (SSSR count). The van der Waals surface area contributed by atoms with Gasteiger partial charge in [0.25, 0.3) is 0 Å². The molecule has 3 heteroatoms. The number of anilines is 1. The van der Waals surface area contributed by atoms with Crippen molar-refractivity contribution < 1.29 is 0 Å². The second kappa shape index (κ2) is 9.30. The van der Waals surface area contributed by atoms with E-state index in [0.717, 1.165) is 19.6 Å². The van der Waals surface area contributed by atoms with Crippen LogP contribution in [0.5, 0.6) is 0 Å². The highest BCUT2D eigenvalue weighted by atomic mass is 32.2. The Hall–Kier alpha value is -0.670. The topological polar surface area (TPSA) is 24.1 Å². The van der Waals surface area contributed by atoms with Gasteiger partial charge in [0.1, 0.15) is 0 Å². The molecule has 1 aliphatic rings. The number of para-hydroxylation sites is 1. The minimum atomic E-state index is 1.00. The van der Waals surface area contributed by atoms with E-state index >= 15 is 0 Å². The number of thioether (sulfide) groups is 1. The Bertz CT molecular complexity index is 393. The van der Waals surface area contributed by atoms with E-state index in [9.17, 15) is 0 Å². The van der Waals surface area contributed by atoms with Gasteiger partial charge in [0, 0.05) is 18.8 Å². The van der Waals surface area contributed by atoms with Gasteiger partial charge in [-0.05, 0) is 55.4 Å². The highest BCUT2D eigenvalue weighted by molar-refractivity contribution is 7.98. The number of unbranched alkanes of at least 4 members (excludes halogenated alkanes) is 3. The molecule has 0 fully saturated rings. The molecule has 0 unspecified atom stereocenters. The SMILES string of the molecule is CSCCCCCCNCc1cccc2c1NCCC2. The summed E-state index contributed by atoms with van der Waals surface area (Å²) in [7, 11) is 0. The van der Waals surface area contributed by atoms with E-state index in [-0.39, 0.29) is 0 Å². The monoisotopic (exact) mass is 292 g/mol. The molecule has 1 aliphatic heterocycles. The molecule has 112 valence electrons. The largest absolute Gasteiger partial charge is 0.385 e. The third-order valence-electron chi connectivity index (χ3n) is 3.93. The lowest BCUT2D eigenvalue weighted by atomic mass is 9.99. The van der Waals surface area contributed by atoms with Gasteiger partial charge >= 0.3 is 0 Å². The van der Waals surface area contributed by atoms with Crippen LogP contribution < -0.4 is 10.6 Å². The van der Waals surface area contributed by atoms with Crippen molar-refractivity contribution in [2.45, 2.75) is 45.1 Å². The summed E-state index contributed by atoms with van der Waals surface area (Å²) in [6.07, 6.45) is 10.1. The van der Waals surface area contributed by atoms with E-state index in [0.29, 0.717) is 0 Å². The molecule has 0 radical (unpaired) electrons. The first-order valence-corrected chi connectivity index (χ1v) is 9.35. The molecule has 0 spiro atoms. The molecule has 2 nitrogen and oxygen atoms in total. The first-order chi connectivity index (χ1) is 9.92. The van der Waals surface area contributed by atoms with Crippen molar-refractivity contribution in [1.82, 2.24) is 5.32 Å². The Morgan fingerprint density at radius 2 is 2.10 bits per heavy atom. The van der Waals surface area contributed by atoms with Crippen LogP contribution in [0.1, 0.15) is 43.2 Å². The second-order valence-electron chi connectivity index (χ2n) is 5.57. The van der Waals surface area contributed by atoms with Crippen molar-refractivity contribution >= 4 is 17.4 Å². The smallest absolute Gasteiger partial charge is 0.0418 e. The zero-order valence-corrected chi connectivity index (χ0v) is 13.5. The molecular weight excluding hydrogens is 264 g/mol. The normalized spacial score (nSPS) is 13.8. The lowest BCUT2D eigenvalue weighted by molar-refractivity contribution is 0.599. The number of hydrogen-bond acceptors (Lipinski definition) is 3. The van der Waals surface area contributed by atoms with Crippen LogP contribution in [0.15, 0.2) is 18.2 Å². The van der Waals surface area contributed by atoms with Gasteiger partial charge < -0.3 is 10.6 Å². The lowest BCUT2D eigenvalue weighted by Crippen LogP contribution is -2.19. The fourth-order valence-electron chi connectivity index (χ4n) is 2.80. The van der Waals surface area contributed by atoms with Crippen molar-refractivity contribution in [2.75, 3.05) is 30.4 Å². The van der Waals surface area contributed by atoms with Gasteiger partial charge in [-0.1, -0.05) is 31.0 Å². The Morgan fingerprint density at radius 1 is 1.20 bits per heavy atom.